The van der Waals surface area contributed by atoms with Gasteiger partial charge >= 0.3 is 196 Å². The molecule has 0 aromatic heterocycles. The van der Waals surface area contributed by atoms with Crippen LogP contribution in [0.15, 0.2) is 41.4 Å². The molecule has 0 unspecified atom stereocenters. The molecule has 0 amide bonds. The fourth-order valence-electron chi connectivity index (χ4n) is 3.73. The molecule has 0 radical (unpaired) electrons. The molecule has 7 heteroatoms. The third kappa shape index (κ3) is 5.77. The van der Waals surface area contributed by atoms with Crippen molar-refractivity contribution in [2.45, 2.75) is 55.3 Å². The van der Waals surface area contributed by atoms with E-state index < -0.39 is 25.2 Å². The van der Waals surface area contributed by atoms with E-state index in [0.717, 1.165) is 51.6 Å². The number of fused-ring (bicyclic) bond motifs is 2. The summed E-state index contributed by atoms with van der Waals surface area (Å²) >= 11 is -3.74. The Bertz CT molecular complexity index is 951. The van der Waals surface area contributed by atoms with Crippen molar-refractivity contribution in [2.75, 3.05) is 13.7 Å². The van der Waals surface area contributed by atoms with Gasteiger partial charge in [0.2, 0.25) is 0 Å². The molecule has 1 aliphatic rings. The number of aliphatic imine (C=N–C) groups is 1. The zero-order valence-corrected chi connectivity index (χ0v) is 22.3. The average Bonchev–Trinajstić information content (AvgIpc) is 2.87. The predicted octanol–water partition coefficient (Wildman–Crippen LogP) is 6.44. The van der Waals surface area contributed by atoms with E-state index in [4.69, 9.17) is 20.6 Å². The molecule has 6 nitrogen and oxygen atoms in total. The number of para-hydroxylation sites is 1. The van der Waals surface area contributed by atoms with Crippen molar-refractivity contribution in [3.63, 3.8) is 0 Å². The molecule has 2 aromatic rings. The van der Waals surface area contributed by atoms with Gasteiger partial charge in [0, 0.05) is 0 Å². The third-order valence-corrected chi connectivity index (χ3v) is 15.1. The van der Waals surface area contributed by atoms with Gasteiger partial charge in [-0.2, -0.15) is 0 Å². The molecular weight excluding hydrogens is 513 g/mol. The maximum atomic E-state index is 12.2. The minimum absolute atomic E-state index is 0.397. The van der Waals surface area contributed by atoms with Gasteiger partial charge in [0.25, 0.3) is 0 Å². The number of carbonyl (C=O) groups excluding carboxylic acids is 1. The van der Waals surface area contributed by atoms with E-state index in [0.29, 0.717) is 23.6 Å². The molecule has 0 fully saturated rings. The van der Waals surface area contributed by atoms with Crippen LogP contribution in [0.1, 0.15) is 62.4 Å². The van der Waals surface area contributed by atoms with E-state index in [1.54, 1.807) is 18.3 Å². The molecule has 0 saturated carbocycles. The minimum atomic E-state index is -3.74. The Labute approximate surface area is 195 Å². The number of ether oxygens (including phenoxy) is 2. The van der Waals surface area contributed by atoms with Crippen LogP contribution in [0, 0.1) is 0 Å². The van der Waals surface area contributed by atoms with E-state index in [9.17, 15) is 4.79 Å². The Morgan fingerprint density at radius 3 is 2.44 bits per heavy atom. The first-order chi connectivity index (χ1) is 15.6. The first kappa shape index (κ1) is 24.4. The number of rotatable bonds is 9. The molecule has 0 spiro atoms. The second-order valence-corrected chi connectivity index (χ2v) is 17.1. The van der Waals surface area contributed by atoms with Crippen molar-refractivity contribution in [3.8, 4) is 17.2 Å². The molecule has 0 atom stereocenters. The van der Waals surface area contributed by atoms with Gasteiger partial charge in [0.05, 0.1) is 0 Å². The Kier molecular flexibility index (Phi) is 8.84. The number of hydrogen-bond acceptors (Lipinski definition) is 6. The number of hydrogen-bond donors (Lipinski definition) is 0. The van der Waals surface area contributed by atoms with Crippen LogP contribution in [0.4, 0.5) is 5.69 Å². The van der Waals surface area contributed by atoms with E-state index in [1.165, 1.54) is 7.11 Å². The fourth-order valence-corrected chi connectivity index (χ4v) is 14.1. The van der Waals surface area contributed by atoms with Crippen molar-refractivity contribution in [1.82, 2.24) is 0 Å². The molecule has 0 N–H and O–H groups in total. The summed E-state index contributed by atoms with van der Waals surface area (Å²) in [4.78, 5) is 16.9. The molecular formula is C25H33NO5Sn. The second-order valence-electron chi connectivity index (χ2n) is 7.86. The Balaban J connectivity index is 2.18. The van der Waals surface area contributed by atoms with Crippen molar-refractivity contribution in [3.05, 3.63) is 47.5 Å². The molecule has 172 valence electrons. The van der Waals surface area contributed by atoms with Gasteiger partial charge in [-0.3, -0.25) is 0 Å². The van der Waals surface area contributed by atoms with Crippen LogP contribution in [-0.2, 0) is 4.74 Å². The predicted molar refractivity (Wildman–Crippen MR) is 129 cm³/mol. The van der Waals surface area contributed by atoms with Gasteiger partial charge in [-0.25, -0.2) is 0 Å². The van der Waals surface area contributed by atoms with Crippen molar-refractivity contribution < 1.29 is 20.4 Å². The third-order valence-electron chi connectivity index (χ3n) is 5.44. The standard InChI is InChI=1S/C17H17NO5.2C4H9.Sn/c1-3-23-15-6-4-5-12(16(15)20)10-18-13-8-7-11(9-14(13)19)17(21)22-2;2*1-3-4-2;/h4-10,19-20H,3H2,1-2H3;2*1,3-4H2,2H3;/q;;;+2/p-2. The normalized spacial score (nSPS) is 14.0. The Morgan fingerprint density at radius 2 is 1.78 bits per heavy atom. The van der Waals surface area contributed by atoms with Crippen LogP contribution >= 0.6 is 0 Å². The SMILES string of the molecule is CCC[CH2][Sn]1([CH2]CCC)[O]c2cc(C(=O)OC)ccc2N=Cc2cccc(OCC)c2[O]1. The quantitative estimate of drug-likeness (QED) is 0.268. The summed E-state index contributed by atoms with van der Waals surface area (Å²) in [5.41, 5.74) is 2.00. The number of unbranched alkanes of at least 4 members (excludes halogenated alkanes) is 2. The fraction of sp³-hybridized carbons (Fsp3) is 0.440. The monoisotopic (exact) mass is 547 g/mol. The van der Waals surface area contributed by atoms with Gasteiger partial charge in [-0.05, 0) is 0 Å². The van der Waals surface area contributed by atoms with Crippen LogP contribution in [0.3, 0.4) is 0 Å². The Morgan fingerprint density at radius 1 is 1.03 bits per heavy atom. The summed E-state index contributed by atoms with van der Waals surface area (Å²) in [6.07, 6.45) is 5.96. The molecule has 0 aliphatic carbocycles. The van der Waals surface area contributed by atoms with Gasteiger partial charge in [0.1, 0.15) is 0 Å². The van der Waals surface area contributed by atoms with Crippen LogP contribution in [0.5, 0.6) is 17.2 Å². The van der Waals surface area contributed by atoms with Crippen LogP contribution in [0.25, 0.3) is 0 Å². The maximum absolute atomic E-state index is 12.2. The zero-order chi connectivity index (χ0) is 23.0. The van der Waals surface area contributed by atoms with E-state index in [-0.39, 0.29) is 0 Å². The second kappa shape index (κ2) is 11.6. The number of benzene rings is 2. The summed E-state index contributed by atoms with van der Waals surface area (Å²) < 4.78 is 26.4. The van der Waals surface area contributed by atoms with Crippen molar-refractivity contribution in [2.24, 2.45) is 4.99 Å². The zero-order valence-electron chi connectivity index (χ0n) is 19.5. The van der Waals surface area contributed by atoms with Gasteiger partial charge in [-0.1, -0.05) is 0 Å². The van der Waals surface area contributed by atoms with Gasteiger partial charge < -0.3 is 0 Å². The summed E-state index contributed by atoms with van der Waals surface area (Å²) in [6, 6.07) is 11.2. The first-order valence-electron chi connectivity index (χ1n) is 11.5. The van der Waals surface area contributed by atoms with Gasteiger partial charge in [0.15, 0.2) is 0 Å². The molecule has 3 rings (SSSR count). The number of nitrogens with zero attached hydrogens (tertiary/aromatic N) is 1. The van der Waals surface area contributed by atoms with Crippen LogP contribution in [-0.4, -0.2) is 45.1 Å². The molecule has 32 heavy (non-hydrogen) atoms. The van der Waals surface area contributed by atoms with E-state index in [2.05, 4.69) is 13.8 Å². The van der Waals surface area contributed by atoms with Crippen LogP contribution in [0.2, 0.25) is 8.87 Å². The topological polar surface area (TPSA) is 66.4 Å². The van der Waals surface area contributed by atoms with Crippen molar-refractivity contribution in [1.29, 1.82) is 0 Å². The number of esters is 1. The summed E-state index contributed by atoms with van der Waals surface area (Å²) in [5.74, 6) is 1.64. The molecule has 1 heterocycles. The average molecular weight is 546 g/mol. The Hall–Kier alpha value is -2.22. The number of carbonyl (C=O) groups is 1. The van der Waals surface area contributed by atoms with E-state index in [1.807, 2.05) is 31.2 Å². The van der Waals surface area contributed by atoms with E-state index >= 15 is 0 Å². The molecule has 0 bridgehead atoms. The molecule has 2 aromatic carbocycles. The van der Waals surface area contributed by atoms with Gasteiger partial charge in [-0.15, -0.1) is 0 Å². The summed E-state index contributed by atoms with van der Waals surface area (Å²) in [5, 5.41) is 0. The first-order valence-corrected chi connectivity index (χ1v) is 17.8. The molecule has 0 saturated heterocycles. The van der Waals surface area contributed by atoms with Crippen LogP contribution < -0.4 is 10.9 Å². The van der Waals surface area contributed by atoms with Crippen molar-refractivity contribution >= 4 is 37.1 Å². The number of methoxy groups -OCH3 is 1. The summed E-state index contributed by atoms with van der Waals surface area (Å²) in [6.45, 7) is 6.88. The molecule has 1 aliphatic heterocycles. The summed E-state index contributed by atoms with van der Waals surface area (Å²) in [7, 11) is 1.38.